The van der Waals surface area contributed by atoms with Crippen molar-refractivity contribution in [3.05, 3.63) is 29.8 Å². The van der Waals surface area contributed by atoms with Crippen molar-refractivity contribution in [3.63, 3.8) is 0 Å². The zero-order chi connectivity index (χ0) is 18.5. The number of methoxy groups -OCH3 is 1. The Hall–Kier alpha value is -2.08. The van der Waals surface area contributed by atoms with Crippen molar-refractivity contribution in [1.82, 2.24) is 15.1 Å². The van der Waals surface area contributed by atoms with Crippen molar-refractivity contribution >= 4 is 11.8 Å². The number of carbonyl (C=O) groups excluding carboxylic acids is 2. The SMILES string of the molecule is CCN1C(=O)C[C@@H](C(=O)NCCN2CCCC2)[C@@H]1c1ccccc1OC. The number of likely N-dealkylation sites (tertiary alicyclic amines) is 2. The Morgan fingerprint density at radius 1 is 1.27 bits per heavy atom. The number of para-hydroxylation sites is 1. The molecule has 0 aromatic heterocycles. The van der Waals surface area contributed by atoms with Crippen LogP contribution in [0, 0.1) is 5.92 Å². The van der Waals surface area contributed by atoms with Gasteiger partial charge in [0.2, 0.25) is 11.8 Å². The van der Waals surface area contributed by atoms with Crippen molar-refractivity contribution < 1.29 is 14.3 Å². The molecule has 142 valence electrons. The van der Waals surface area contributed by atoms with Gasteiger partial charge in [-0.1, -0.05) is 18.2 Å². The third kappa shape index (κ3) is 3.85. The molecule has 0 aliphatic carbocycles. The molecule has 0 unspecified atom stereocenters. The van der Waals surface area contributed by atoms with Crippen LogP contribution in [0.1, 0.15) is 37.8 Å². The molecule has 2 aliphatic rings. The highest BCUT2D eigenvalue weighted by molar-refractivity contribution is 5.90. The second-order valence-corrected chi connectivity index (χ2v) is 7.02. The van der Waals surface area contributed by atoms with Crippen molar-refractivity contribution in [2.24, 2.45) is 5.92 Å². The van der Waals surface area contributed by atoms with E-state index in [1.807, 2.05) is 31.2 Å². The van der Waals surface area contributed by atoms with Crippen molar-refractivity contribution in [1.29, 1.82) is 0 Å². The number of rotatable bonds is 7. The highest BCUT2D eigenvalue weighted by Crippen LogP contribution is 2.41. The molecule has 1 aromatic rings. The topological polar surface area (TPSA) is 61.9 Å². The average molecular weight is 359 g/mol. The van der Waals surface area contributed by atoms with E-state index in [0.717, 1.165) is 30.9 Å². The van der Waals surface area contributed by atoms with Gasteiger partial charge in [-0.3, -0.25) is 9.59 Å². The van der Waals surface area contributed by atoms with E-state index in [1.165, 1.54) is 12.8 Å². The maximum Gasteiger partial charge on any atom is 0.226 e. The number of ether oxygens (including phenoxy) is 1. The van der Waals surface area contributed by atoms with Gasteiger partial charge in [-0.15, -0.1) is 0 Å². The van der Waals surface area contributed by atoms with Gasteiger partial charge in [-0.05, 0) is 38.9 Å². The van der Waals surface area contributed by atoms with Gasteiger partial charge < -0.3 is 19.9 Å². The Kier molecular flexibility index (Phi) is 6.14. The normalized spacial score (nSPS) is 23.5. The second kappa shape index (κ2) is 8.54. The van der Waals surface area contributed by atoms with Gasteiger partial charge in [0.1, 0.15) is 5.75 Å². The first-order chi connectivity index (χ1) is 12.7. The van der Waals surface area contributed by atoms with Crippen LogP contribution < -0.4 is 10.1 Å². The van der Waals surface area contributed by atoms with Crippen LogP contribution in [-0.4, -0.2) is 61.4 Å². The van der Waals surface area contributed by atoms with Gasteiger partial charge in [0.15, 0.2) is 0 Å². The predicted molar refractivity (Wildman–Crippen MR) is 99.9 cm³/mol. The van der Waals surface area contributed by atoms with E-state index in [-0.39, 0.29) is 30.2 Å². The van der Waals surface area contributed by atoms with Gasteiger partial charge >= 0.3 is 0 Å². The lowest BCUT2D eigenvalue weighted by Gasteiger charge is -2.28. The van der Waals surface area contributed by atoms with E-state index in [9.17, 15) is 9.59 Å². The highest BCUT2D eigenvalue weighted by atomic mass is 16.5. The molecule has 3 rings (SSSR count). The minimum atomic E-state index is -0.377. The van der Waals surface area contributed by atoms with E-state index >= 15 is 0 Å². The van der Waals surface area contributed by atoms with Crippen molar-refractivity contribution in [2.75, 3.05) is 39.8 Å². The summed E-state index contributed by atoms with van der Waals surface area (Å²) in [5.41, 5.74) is 0.905. The Morgan fingerprint density at radius 2 is 2.00 bits per heavy atom. The molecule has 2 atom stereocenters. The van der Waals surface area contributed by atoms with Crippen LogP contribution in [0.2, 0.25) is 0 Å². The number of nitrogens with one attached hydrogen (secondary N) is 1. The molecule has 6 heteroatoms. The minimum absolute atomic E-state index is 0.0306. The standard InChI is InChI=1S/C20H29N3O3/c1-3-23-18(24)14-16(19(23)15-8-4-5-9-17(15)26-2)20(25)21-10-13-22-11-6-7-12-22/h4-5,8-9,16,19H,3,6-7,10-14H2,1-2H3,(H,21,25)/t16-,19+/m1/s1. The molecule has 2 aliphatic heterocycles. The molecule has 0 saturated carbocycles. The summed E-state index contributed by atoms with van der Waals surface area (Å²) in [5.74, 6) is 0.338. The first-order valence-electron chi connectivity index (χ1n) is 9.58. The van der Waals surface area contributed by atoms with Gasteiger partial charge in [-0.2, -0.15) is 0 Å². The summed E-state index contributed by atoms with van der Waals surface area (Å²) in [6.07, 6.45) is 2.74. The number of nitrogens with zero attached hydrogens (tertiary/aromatic N) is 2. The summed E-state index contributed by atoms with van der Waals surface area (Å²) in [6, 6.07) is 7.40. The monoisotopic (exact) mass is 359 g/mol. The fourth-order valence-electron chi connectivity index (χ4n) is 4.17. The first kappa shape index (κ1) is 18.7. The number of hydrogen-bond acceptors (Lipinski definition) is 4. The number of carbonyl (C=O) groups is 2. The summed E-state index contributed by atoms with van der Waals surface area (Å²) in [5, 5.41) is 3.05. The third-order valence-corrected chi connectivity index (χ3v) is 5.49. The maximum atomic E-state index is 12.9. The summed E-state index contributed by atoms with van der Waals surface area (Å²) < 4.78 is 5.49. The van der Waals surface area contributed by atoms with E-state index in [2.05, 4.69) is 10.2 Å². The fraction of sp³-hybridized carbons (Fsp3) is 0.600. The van der Waals surface area contributed by atoms with Crippen LogP contribution in [0.5, 0.6) is 5.75 Å². The van der Waals surface area contributed by atoms with Gasteiger partial charge in [0.25, 0.3) is 0 Å². The van der Waals surface area contributed by atoms with Gasteiger partial charge in [-0.25, -0.2) is 0 Å². The zero-order valence-electron chi connectivity index (χ0n) is 15.7. The molecule has 2 fully saturated rings. The molecule has 2 saturated heterocycles. The van der Waals surface area contributed by atoms with E-state index in [4.69, 9.17) is 4.74 Å². The average Bonchev–Trinajstić information content (AvgIpc) is 3.28. The number of amides is 2. The molecule has 0 spiro atoms. The lowest BCUT2D eigenvalue weighted by atomic mass is 9.92. The highest BCUT2D eigenvalue weighted by Gasteiger charge is 2.44. The largest absolute Gasteiger partial charge is 0.496 e. The molecule has 1 N–H and O–H groups in total. The molecule has 26 heavy (non-hydrogen) atoms. The Labute approximate surface area is 155 Å². The summed E-state index contributed by atoms with van der Waals surface area (Å²) in [4.78, 5) is 29.5. The minimum Gasteiger partial charge on any atom is -0.496 e. The van der Waals surface area contributed by atoms with Crippen LogP contribution >= 0.6 is 0 Å². The molecule has 0 radical (unpaired) electrons. The van der Waals surface area contributed by atoms with E-state index < -0.39 is 0 Å². The zero-order valence-corrected chi connectivity index (χ0v) is 15.7. The summed E-state index contributed by atoms with van der Waals surface area (Å²) >= 11 is 0. The second-order valence-electron chi connectivity index (χ2n) is 7.02. The summed E-state index contributed by atoms with van der Waals surface area (Å²) in [6.45, 7) is 6.28. The van der Waals surface area contributed by atoms with Crippen LogP contribution in [0.25, 0.3) is 0 Å². The van der Waals surface area contributed by atoms with Crippen LogP contribution in [0.15, 0.2) is 24.3 Å². The molecule has 0 bridgehead atoms. The van der Waals surface area contributed by atoms with Gasteiger partial charge in [0.05, 0.1) is 19.1 Å². The molecular weight excluding hydrogens is 330 g/mol. The molecule has 6 nitrogen and oxygen atoms in total. The molecule has 2 heterocycles. The molecule has 2 amide bonds. The van der Waals surface area contributed by atoms with Crippen LogP contribution in [0.3, 0.4) is 0 Å². The van der Waals surface area contributed by atoms with Gasteiger partial charge in [0, 0.05) is 31.6 Å². The van der Waals surface area contributed by atoms with Crippen molar-refractivity contribution in [2.45, 2.75) is 32.2 Å². The Morgan fingerprint density at radius 3 is 2.69 bits per heavy atom. The fourth-order valence-corrected chi connectivity index (χ4v) is 4.17. The molecule has 1 aromatic carbocycles. The quantitative estimate of drug-likeness (QED) is 0.807. The first-order valence-corrected chi connectivity index (χ1v) is 9.58. The lowest BCUT2D eigenvalue weighted by Crippen LogP contribution is -2.39. The Bertz CT molecular complexity index is 643. The smallest absolute Gasteiger partial charge is 0.226 e. The lowest BCUT2D eigenvalue weighted by molar-refractivity contribution is -0.129. The van der Waals surface area contributed by atoms with Crippen molar-refractivity contribution in [3.8, 4) is 5.75 Å². The third-order valence-electron chi connectivity index (χ3n) is 5.49. The molecular formula is C20H29N3O3. The maximum absolute atomic E-state index is 12.9. The summed E-state index contributed by atoms with van der Waals surface area (Å²) in [7, 11) is 1.62. The van der Waals surface area contributed by atoms with Crippen LogP contribution in [-0.2, 0) is 9.59 Å². The van der Waals surface area contributed by atoms with E-state index in [1.54, 1.807) is 12.0 Å². The predicted octanol–water partition coefficient (Wildman–Crippen LogP) is 1.82. The number of hydrogen-bond donors (Lipinski definition) is 1. The Balaban J connectivity index is 1.73. The van der Waals surface area contributed by atoms with Crippen LogP contribution in [0.4, 0.5) is 0 Å². The number of benzene rings is 1. The van der Waals surface area contributed by atoms with E-state index in [0.29, 0.717) is 13.1 Å².